The van der Waals surface area contributed by atoms with Crippen molar-refractivity contribution in [3.63, 3.8) is 0 Å². The molecule has 0 aliphatic carbocycles. The first-order chi connectivity index (χ1) is 9.90. The summed E-state index contributed by atoms with van der Waals surface area (Å²) >= 11 is 14.6. The molecule has 1 unspecified atom stereocenters. The maximum atomic E-state index is 5.95. The highest BCUT2D eigenvalue weighted by Gasteiger charge is 2.17. The van der Waals surface area contributed by atoms with Crippen molar-refractivity contribution in [3.05, 3.63) is 63.1 Å². The van der Waals surface area contributed by atoms with Crippen LogP contribution in [0.2, 0.25) is 5.02 Å². The molecule has 0 aliphatic rings. The first-order valence-corrected chi connectivity index (χ1v) is 8.05. The van der Waals surface area contributed by atoms with Gasteiger partial charge in [-0.3, -0.25) is 0 Å². The monoisotopic (exact) mass is 382 g/mol. The van der Waals surface area contributed by atoms with Crippen molar-refractivity contribution in [3.8, 4) is 0 Å². The molecule has 2 rings (SSSR count). The van der Waals surface area contributed by atoms with E-state index in [9.17, 15) is 0 Å². The SMILES string of the molecule is CC(c1ccc(Cl)cc1)N(C)c1cc(Br)ccc1C(N)=S. The quantitative estimate of drug-likeness (QED) is 0.759. The first-order valence-electron chi connectivity index (χ1n) is 6.48. The Morgan fingerprint density at radius 3 is 2.43 bits per heavy atom. The van der Waals surface area contributed by atoms with Gasteiger partial charge in [-0.25, -0.2) is 0 Å². The number of hydrogen-bond donors (Lipinski definition) is 1. The Morgan fingerprint density at radius 1 is 1.24 bits per heavy atom. The molecule has 0 aromatic heterocycles. The Kier molecular flexibility index (Phi) is 5.25. The molecule has 21 heavy (non-hydrogen) atoms. The average molecular weight is 384 g/mol. The molecule has 5 heteroatoms. The van der Waals surface area contributed by atoms with Crippen LogP contribution in [-0.2, 0) is 0 Å². The molecular weight excluding hydrogens is 368 g/mol. The Hall–Kier alpha value is -1.10. The molecule has 2 aromatic carbocycles. The fraction of sp³-hybridized carbons (Fsp3) is 0.188. The molecule has 0 saturated heterocycles. The highest BCUT2D eigenvalue weighted by atomic mass is 79.9. The van der Waals surface area contributed by atoms with Crippen molar-refractivity contribution in [1.82, 2.24) is 0 Å². The summed E-state index contributed by atoms with van der Waals surface area (Å²) in [7, 11) is 2.03. The fourth-order valence-corrected chi connectivity index (χ4v) is 2.83. The number of nitrogens with zero attached hydrogens (tertiary/aromatic N) is 1. The summed E-state index contributed by atoms with van der Waals surface area (Å²) in [5, 5.41) is 0.736. The van der Waals surface area contributed by atoms with Crippen molar-refractivity contribution in [2.45, 2.75) is 13.0 Å². The van der Waals surface area contributed by atoms with Gasteiger partial charge in [0.25, 0.3) is 0 Å². The van der Waals surface area contributed by atoms with Gasteiger partial charge < -0.3 is 10.6 Å². The van der Waals surface area contributed by atoms with Crippen LogP contribution < -0.4 is 10.6 Å². The molecule has 0 aliphatic heterocycles. The van der Waals surface area contributed by atoms with Crippen LogP contribution in [0, 0.1) is 0 Å². The molecule has 1 atom stereocenters. The Balaban J connectivity index is 2.39. The van der Waals surface area contributed by atoms with Gasteiger partial charge in [0, 0.05) is 27.8 Å². The molecule has 2 nitrogen and oxygen atoms in total. The lowest BCUT2D eigenvalue weighted by molar-refractivity contribution is 0.739. The fourth-order valence-electron chi connectivity index (χ4n) is 2.18. The van der Waals surface area contributed by atoms with Crippen LogP contribution in [0.3, 0.4) is 0 Å². The molecule has 0 amide bonds. The van der Waals surface area contributed by atoms with E-state index in [0.29, 0.717) is 4.99 Å². The summed E-state index contributed by atoms with van der Waals surface area (Å²) in [5.41, 5.74) is 8.88. The van der Waals surface area contributed by atoms with E-state index in [1.807, 2.05) is 49.5 Å². The van der Waals surface area contributed by atoms with Gasteiger partial charge in [-0.2, -0.15) is 0 Å². The van der Waals surface area contributed by atoms with Crippen molar-refractivity contribution in [2.24, 2.45) is 5.73 Å². The summed E-state index contributed by atoms with van der Waals surface area (Å²) in [6.07, 6.45) is 0. The standard InChI is InChI=1S/C16H16BrClN2S/c1-10(11-3-6-13(18)7-4-11)20(2)15-9-12(17)5-8-14(15)16(19)21/h3-10H,1-2H3,(H2,19,21). The highest BCUT2D eigenvalue weighted by molar-refractivity contribution is 9.10. The lowest BCUT2D eigenvalue weighted by atomic mass is 10.1. The van der Waals surface area contributed by atoms with Crippen LogP contribution in [0.25, 0.3) is 0 Å². The van der Waals surface area contributed by atoms with E-state index < -0.39 is 0 Å². The third-order valence-electron chi connectivity index (χ3n) is 3.54. The minimum Gasteiger partial charge on any atom is -0.389 e. The number of halogens is 2. The van der Waals surface area contributed by atoms with Crippen LogP contribution in [0.15, 0.2) is 46.9 Å². The molecule has 0 fully saturated rings. The van der Waals surface area contributed by atoms with Gasteiger partial charge in [-0.05, 0) is 42.8 Å². The van der Waals surface area contributed by atoms with Crippen LogP contribution in [0.4, 0.5) is 5.69 Å². The first kappa shape index (κ1) is 16.3. The predicted octanol–water partition coefficient (Wildman–Crippen LogP) is 4.93. The van der Waals surface area contributed by atoms with E-state index >= 15 is 0 Å². The maximum Gasteiger partial charge on any atom is 0.106 e. The van der Waals surface area contributed by atoms with E-state index in [1.54, 1.807) is 0 Å². The average Bonchev–Trinajstić information content (AvgIpc) is 2.46. The lowest BCUT2D eigenvalue weighted by Gasteiger charge is -2.29. The zero-order valence-electron chi connectivity index (χ0n) is 11.8. The second-order valence-electron chi connectivity index (χ2n) is 4.86. The third-order valence-corrected chi connectivity index (χ3v) is 4.50. The lowest BCUT2D eigenvalue weighted by Crippen LogP contribution is -2.25. The zero-order chi connectivity index (χ0) is 15.6. The van der Waals surface area contributed by atoms with Crippen LogP contribution in [0.5, 0.6) is 0 Å². The molecule has 2 N–H and O–H groups in total. The summed E-state index contributed by atoms with van der Waals surface area (Å²) in [4.78, 5) is 2.55. The summed E-state index contributed by atoms with van der Waals surface area (Å²) in [6.45, 7) is 2.13. The Bertz CT molecular complexity index is 658. The van der Waals surface area contributed by atoms with Crippen molar-refractivity contribution < 1.29 is 0 Å². The number of anilines is 1. The Morgan fingerprint density at radius 2 is 1.86 bits per heavy atom. The molecule has 110 valence electrons. The van der Waals surface area contributed by atoms with E-state index in [0.717, 1.165) is 20.7 Å². The molecule has 0 bridgehead atoms. The van der Waals surface area contributed by atoms with Gasteiger partial charge in [-0.1, -0.05) is 51.9 Å². The topological polar surface area (TPSA) is 29.3 Å². The van der Waals surface area contributed by atoms with Crippen LogP contribution in [-0.4, -0.2) is 12.0 Å². The zero-order valence-corrected chi connectivity index (χ0v) is 15.0. The predicted molar refractivity (Wildman–Crippen MR) is 98.3 cm³/mol. The molecule has 0 saturated carbocycles. The van der Waals surface area contributed by atoms with Crippen LogP contribution >= 0.6 is 39.7 Å². The smallest absolute Gasteiger partial charge is 0.106 e. The van der Waals surface area contributed by atoms with Gasteiger partial charge in [0.1, 0.15) is 4.99 Å². The second-order valence-corrected chi connectivity index (χ2v) is 6.66. The molecule has 0 radical (unpaired) electrons. The van der Waals surface area contributed by atoms with E-state index in [4.69, 9.17) is 29.6 Å². The summed E-state index contributed by atoms with van der Waals surface area (Å²) in [5.74, 6) is 0. The number of thiocarbonyl (C=S) groups is 1. The summed E-state index contributed by atoms with van der Waals surface area (Å²) in [6, 6.07) is 13.9. The van der Waals surface area contributed by atoms with Gasteiger partial charge in [0.05, 0.1) is 6.04 Å². The van der Waals surface area contributed by atoms with Gasteiger partial charge in [0.2, 0.25) is 0 Å². The van der Waals surface area contributed by atoms with E-state index in [-0.39, 0.29) is 6.04 Å². The minimum absolute atomic E-state index is 0.171. The normalized spacial score (nSPS) is 12.0. The molecule has 0 spiro atoms. The van der Waals surface area contributed by atoms with Crippen LogP contribution in [0.1, 0.15) is 24.1 Å². The van der Waals surface area contributed by atoms with E-state index in [2.05, 4.69) is 27.8 Å². The van der Waals surface area contributed by atoms with Crippen molar-refractivity contribution >= 4 is 50.4 Å². The maximum absolute atomic E-state index is 5.95. The number of rotatable bonds is 4. The van der Waals surface area contributed by atoms with Gasteiger partial charge in [-0.15, -0.1) is 0 Å². The van der Waals surface area contributed by atoms with Gasteiger partial charge in [0.15, 0.2) is 0 Å². The number of nitrogens with two attached hydrogens (primary N) is 1. The number of benzene rings is 2. The molecular formula is C16H16BrClN2S. The van der Waals surface area contributed by atoms with Crippen molar-refractivity contribution in [1.29, 1.82) is 0 Å². The highest BCUT2D eigenvalue weighted by Crippen LogP contribution is 2.31. The molecule has 0 heterocycles. The molecule has 2 aromatic rings. The third kappa shape index (κ3) is 3.76. The van der Waals surface area contributed by atoms with Crippen molar-refractivity contribution in [2.75, 3.05) is 11.9 Å². The second kappa shape index (κ2) is 6.77. The Labute approximate surface area is 144 Å². The van der Waals surface area contributed by atoms with Gasteiger partial charge >= 0.3 is 0 Å². The largest absolute Gasteiger partial charge is 0.389 e. The van der Waals surface area contributed by atoms with E-state index in [1.165, 1.54) is 5.56 Å². The minimum atomic E-state index is 0.171. The number of hydrogen-bond acceptors (Lipinski definition) is 2. The summed E-state index contributed by atoms with van der Waals surface area (Å²) < 4.78 is 0.993.